The summed E-state index contributed by atoms with van der Waals surface area (Å²) in [6.07, 6.45) is -2.14. The molecule has 20 heavy (non-hydrogen) atoms. The van der Waals surface area contributed by atoms with Gasteiger partial charge in [-0.3, -0.25) is 9.59 Å². The fourth-order valence-electron chi connectivity index (χ4n) is 2.25. The van der Waals surface area contributed by atoms with Gasteiger partial charge in [-0.15, -0.1) is 0 Å². The number of hydrogen-bond acceptors (Lipinski definition) is 7. The number of ether oxygens (including phenoxy) is 3. The summed E-state index contributed by atoms with van der Waals surface area (Å²) >= 11 is 0. The van der Waals surface area contributed by atoms with Crippen molar-refractivity contribution in [2.75, 3.05) is 13.7 Å². The molecule has 1 aliphatic rings. The standard InChI is InChI=1S/C12H19NO7/c1-6(16)13-10-8(4-14)11(18-3)9(5-15)20-12(10)19-7(2)17/h4,8-12,15H,5H2,1-3H3,(H,13,16)/t8?,9?,10?,11-,12?/m0/s1. The van der Waals surface area contributed by atoms with E-state index in [0.717, 1.165) is 0 Å². The largest absolute Gasteiger partial charge is 0.434 e. The molecule has 1 aliphatic heterocycles. The van der Waals surface area contributed by atoms with Crippen molar-refractivity contribution < 1.29 is 33.7 Å². The smallest absolute Gasteiger partial charge is 0.305 e. The molecule has 1 fully saturated rings. The number of aldehydes is 1. The minimum Gasteiger partial charge on any atom is -0.434 e. The van der Waals surface area contributed by atoms with Crippen LogP contribution in [-0.4, -0.2) is 61.5 Å². The van der Waals surface area contributed by atoms with Crippen LogP contribution < -0.4 is 5.32 Å². The Kier molecular flexibility index (Phi) is 6.05. The molecular formula is C12H19NO7. The first kappa shape index (κ1) is 16.5. The second-order valence-corrected chi connectivity index (χ2v) is 4.47. The van der Waals surface area contributed by atoms with E-state index in [1.807, 2.05) is 0 Å². The van der Waals surface area contributed by atoms with Gasteiger partial charge in [0.2, 0.25) is 12.2 Å². The molecule has 0 radical (unpaired) electrons. The maximum Gasteiger partial charge on any atom is 0.305 e. The quantitative estimate of drug-likeness (QED) is 0.473. The highest BCUT2D eigenvalue weighted by Crippen LogP contribution is 2.27. The molecule has 0 aromatic heterocycles. The third-order valence-electron chi connectivity index (χ3n) is 3.02. The monoisotopic (exact) mass is 289 g/mol. The van der Waals surface area contributed by atoms with Gasteiger partial charge in [-0.05, 0) is 0 Å². The minimum absolute atomic E-state index is 0.403. The first-order chi connectivity index (χ1) is 9.44. The average Bonchev–Trinajstić information content (AvgIpc) is 2.38. The van der Waals surface area contributed by atoms with Gasteiger partial charge >= 0.3 is 5.97 Å². The molecule has 0 spiro atoms. The summed E-state index contributed by atoms with van der Waals surface area (Å²) in [5.41, 5.74) is 0. The van der Waals surface area contributed by atoms with Gasteiger partial charge < -0.3 is 29.4 Å². The van der Waals surface area contributed by atoms with Crippen LogP contribution in [0.4, 0.5) is 0 Å². The molecule has 1 heterocycles. The van der Waals surface area contributed by atoms with Crippen molar-refractivity contribution in [2.24, 2.45) is 5.92 Å². The van der Waals surface area contributed by atoms with Crippen LogP contribution in [0.2, 0.25) is 0 Å². The number of esters is 1. The van der Waals surface area contributed by atoms with Crippen molar-refractivity contribution in [3.8, 4) is 0 Å². The number of nitrogens with one attached hydrogen (secondary N) is 1. The van der Waals surface area contributed by atoms with Gasteiger partial charge in [0.15, 0.2) is 0 Å². The highest BCUT2D eigenvalue weighted by atomic mass is 16.7. The first-order valence-electron chi connectivity index (χ1n) is 6.13. The zero-order valence-electron chi connectivity index (χ0n) is 11.6. The summed E-state index contributed by atoms with van der Waals surface area (Å²) in [4.78, 5) is 33.6. The van der Waals surface area contributed by atoms with E-state index >= 15 is 0 Å². The molecule has 0 saturated carbocycles. The highest BCUT2D eigenvalue weighted by molar-refractivity contribution is 5.74. The summed E-state index contributed by atoms with van der Waals surface area (Å²) in [6, 6.07) is -0.873. The molecule has 8 heteroatoms. The summed E-state index contributed by atoms with van der Waals surface area (Å²) in [5, 5.41) is 11.8. The Morgan fingerprint density at radius 1 is 1.40 bits per heavy atom. The number of carbonyl (C=O) groups is 3. The van der Waals surface area contributed by atoms with E-state index in [9.17, 15) is 19.5 Å². The molecule has 0 aromatic carbocycles. The minimum atomic E-state index is -1.16. The van der Waals surface area contributed by atoms with E-state index in [1.165, 1.54) is 21.0 Å². The Bertz CT molecular complexity index is 373. The van der Waals surface area contributed by atoms with Crippen LogP contribution in [0.15, 0.2) is 0 Å². The third-order valence-corrected chi connectivity index (χ3v) is 3.02. The number of amides is 1. The highest BCUT2D eigenvalue weighted by Gasteiger charge is 2.47. The number of rotatable bonds is 5. The lowest BCUT2D eigenvalue weighted by atomic mass is 9.88. The molecule has 114 valence electrons. The third kappa shape index (κ3) is 3.75. The molecule has 1 saturated heterocycles. The predicted molar refractivity (Wildman–Crippen MR) is 65.5 cm³/mol. The molecule has 1 rings (SSSR count). The van der Waals surface area contributed by atoms with Gasteiger partial charge in [-0.25, -0.2) is 0 Å². The fraction of sp³-hybridized carbons (Fsp3) is 0.750. The summed E-state index contributed by atoms with van der Waals surface area (Å²) in [6.45, 7) is 2.04. The SMILES string of the molecule is CO[C@@H]1C(CO)OC(OC(C)=O)C(NC(C)=O)C1C=O. The fourth-order valence-corrected chi connectivity index (χ4v) is 2.25. The number of methoxy groups -OCH3 is 1. The number of hydrogen-bond donors (Lipinski definition) is 2. The number of aliphatic hydroxyl groups excluding tert-OH is 1. The molecule has 0 bridgehead atoms. The normalized spacial score (nSPS) is 33.3. The van der Waals surface area contributed by atoms with Crippen molar-refractivity contribution in [3.63, 3.8) is 0 Å². The summed E-state index contributed by atoms with van der Waals surface area (Å²) < 4.78 is 15.5. The zero-order valence-corrected chi connectivity index (χ0v) is 11.6. The van der Waals surface area contributed by atoms with Crippen molar-refractivity contribution >= 4 is 18.2 Å². The molecule has 0 aromatic rings. The van der Waals surface area contributed by atoms with Crippen molar-refractivity contribution in [1.82, 2.24) is 5.32 Å². The van der Waals surface area contributed by atoms with E-state index in [1.54, 1.807) is 0 Å². The van der Waals surface area contributed by atoms with Gasteiger partial charge in [0, 0.05) is 21.0 Å². The lowest BCUT2D eigenvalue weighted by molar-refractivity contribution is -0.251. The molecule has 1 amide bonds. The molecular weight excluding hydrogens is 270 g/mol. The zero-order chi connectivity index (χ0) is 15.3. The second kappa shape index (κ2) is 7.32. The van der Waals surface area contributed by atoms with Crippen LogP contribution in [0, 0.1) is 5.92 Å². The molecule has 0 aliphatic carbocycles. The average molecular weight is 289 g/mol. The van der Waals surface area contributed by atoms with Gasteiger partial charge in [0.05, 0.1) is 18.6 Å². The van der Waals surface area contributed by atoms with Gasteiger partial charge in [-0.1, -0.05) is 0 Å². The Labute approximate surface area is 116 Å². The van der Waals surface area contributed by atoms with Crippen LogP contribution in [-0.2, 0) is 28.6 Å². The van der Waals surface area contributed by atoms with Crippen LogP contribution in [0.25, 0.3) is 0 Å². The lowest BCUT2D eigenvalue weighted by Crippen LogP contribution is -2.62. The Hall–Kier alpha value is -1.51. The van der Waals surface area contributed by atoms with E-state index in [4.69, 9.17) is 14.2 Å². The maximum absolute atomic E-state index is 11.3. The van der Waals surface area contributed by atoms with E-state index in [-0.39, 0.29) is 0 Å². The number of aliphatic hydroxyl groups is 1. The molecule has 5 atom stereocenters. The van der Waals surface area contributed by atoms with Crippen molar-refractivity contribution in [1.29, 1.82) is 0 Å². The van der Waals surface area contributed by atoms with E-state index in [0.29, 0.717) is 6.29 Å². The Morgan fingerprint density at radius 2 is 2.05 bits per heavy atom. The first-order valence-corrected chi connectivity index (χ1v) is 6.13. The molecule has 8 nitrogen and oxygen atoms in total. The van der Waals surface area contributed by atoms with Gasteiger partial charge in [-0.2, -0.15) is 0 Å². The van der Waals surface area contributed by atoms with Crippen molar-refractivity contribution in [2.45, 2.75) is 38.4 Å². The summed E-state index contributed by atoms with van der Waals surface area (Å²) in [5.74, 6) is -1.83. The van der Waals surface area contributed by atoms with E-state index in [2.05, 4.69) is 5.32 Å². The maximum atomic E-state index is 11.3. The topological polar surface area (TPSA) is 111 Å². The lowest BCUT2D eigenvalue weighted by Gasteiger charge is -2.43. The Morgan fingerprint density at radius 3 is 2.45 bits per heavy atom. The van der Waals surface area contributed by atoms with Gasteiger partial charge in [0.25, 0.3) is 0 Å². The van der Waals surface area contributed by atoms with Crippen LogP contribution in [0.5, 0.6) is 0 Å². The second-order valence-electron chi connectivity index (χ2n) is 4.47. The van der Waals surface area contributed by atoms with E-state index < -0.39 is 48.9 Å². The summed E-state index contributed by atoms with van der Waals surface area (Å²) in [7, 11) is 1.37. The molecule has 4 unspecified atom stereocenters. The predicted octanol–water partition coefficient (Wildman–Crippen LogP) is -1.40. The van der Waals surface area contributed by atoms with Crippen LogP contribution >= 0.6 is 0 Å². The van der Waals surface area contributed by atoms with Crippen molar-refractivity contribution in [3.05, 3.63) is 0 Å². The molecule has 2 N–H and O–H groups in total. The number of carbonyl (C=O) groups excluding carboxylic acids is 3. The van der Waals surface area contributed by atoms with Crippen LogP contribution in [0.3, 0.4) is 0 Å². The van der Waals surface area contributed by atoms with Crippen LogP contribution in [0.1, 0.15) is 13.8 Å². The van der Waals surface area contributed by atoms with Gasteiger partial charge in [0.1, 0.15) is 18.4 Å². The Balaban J connectivity index is 3.04.